The molecule has 0 amide bonds. The van der Waals surface area contributed by atoms with Crippen LogP contribution in [0.1, 0.15) is 26.3 Å². The molecule has 0 saturated heterocycles. The van der Waals surface area contributed by atoms with Crippen molar-refractivity contribution in [2.24, 2.45) is 5.92 Å². The first-order valence-electron chi connectivity index (χ1n) is 6.15. The van der Waals surface area contributed by atoms with E-state index in [2.05, 4.69) is 5.32 Å². The molecule has 1 aromatic rings. The van der Waals surface area contributed by atoms with E-state index in [1.165, 1.54) is 6.07 Å². The molecule has 0 spiro atoms. The summed E-state index contributed by atoms with van der Waals surface area (Å²) in [6, 6.07) is 7.27. The van der Waals surface area contributed by atoms with Crippen molar-refractivity contribution in [3.8, 4) is 0 Å². The Morgan fingerprint density at radius 3 is 2.47 bits per heavy atom. The Labute approximate surface area is 103 Å². The van der Waals surface area contributed by atoms with Crippen LogP contribution in [0.2, 0.25) is 0 Å². The van der Waals surface area contributed by atoms with E-state index in [4.69, 9.17) is 5.11 Å². The Morgan fingerprint density at radius 1 is 1.24 bits per heavy atom. The van der Waals surface area contributed by atoms with Gasteiger partial charge < -0.3 is 10.4 Å². The van der Waals surface area contributed by atoms with Crippen molar-refractivity contribution in [3.05, 3.63) is 35.6 Å². The smallest absolute Gasteiger partial charge is 0.126 e. The molecular formula is C14H22FNO. The van der Waals surface area contributed by atoms with Crippen LogP contribution < -0.4 is 5.32 Å². The van der Waals surface area contributed by atoms with E-state index >= 15 is 0 Å². The van der Waals surface area contributed by atoms with E-state index in [-0.39, 0.29) is 30.4 Å². The number of rotatable bonds is 6. The van der Waals surface area contributed by atoms with Crippen molar-refractivity contribution in [1.29, 1.82) is 0 Å². The predicted molar refractivity (Wildman–Crippen MR) is 68.4 cm³/mol. The Hall–Kier alpha value is -0.930. The fourth-order valence-corrected chi connectivity index (χ4v) is 1.82. The second kappa shape index (κ2) is 6.72. The fraction of sp³-hybridized carbons (Fsp3) is 0.571. The van der Waals surface area contributed by atoms with Gasteiger partial charge in [0.25, 0.3) is 0 Å². The SMILES string of the molecule is CC(Cc1ccccc1F)NC(C)C(C)CO. The van der Waals surface area contributed by atoms with Gasteiger partial charge in [-0.25, -0.2) is 4.39 Å². The molecule has 3 atom stereocenters. The summed E-state index contributed by atoms with van der Waals surface area (Å²) in [4.78, 5) is 0. The lowest BCUT2D eigenvalue weighted by atomic mass is 10.0. The van der Waals surface area contributed by atoms with Crippen molar-refractivity contribution < 1.29 is 9.50 Å². The molecule has 0 aliphatic heterocycles. The normalized spacial score (nSPS) is 16.5. The summed E-state index contributed by atoms with van der Waals surface area (Å²) in [5.41, 5.74) is 0.733. The second-order valence-electron chi connectivity index (χ2n) is 4.81. The molecule has 1 rings (SSSR count). The Balaban J connectivity index is 2.50. The standard InChI is InChI=1S/C14H22FNO/c1-10(9-17)12(3)16-11(2)8-13-6-4-5-7-14(13)15/h4-7,10-12,16-17H,8-9H2,1-3H3. The van der Waals surface area contributed by atoms with Gasteiger partial charge in [0.2, 0.25) is 0 Å². The highest BCUT2D eigenvalue weighted by molar-refractivity contribution is 5.18. The van der Waals surface area contributed by atoms with Gasteiger partial charge in [-0.05, 0) is 37.8 Å². The van der Waals surface area contributed by atoms with E-state index in [1.54, 1.807) is 6.07 Å². The van der Waals surface area contributed by atoms with Crippen molar-refractivity contribution in [2.75, 3.05) is 6.61 Å². The maximum atomic E-state index is 13.4. The minimum Gasteiger partial charge on any atom is -0.396 e. The molecule has 3 unspecified atom stereocenters. The van der Waals surface area contributed by atoms with Crippen molar-refractivity contribution >= 4 is 0 Å². The monoisotopic (exact) mass is 239 g/mol. The van der Waals surface area contributed by atoms with Crippen LogP contribution in [-0.4, -0.2) is 23.8 Å². The number of halogens is 1. The molecule has 0 aliphatic rings. The first-order chi connectivity index (χ1) is 8.04. The van der Waals surface area contributed by atoms with Gasteiger partial charge >= 0.3 is 0 Å². The summed E-state index contributed by atoms with van der Waals surface area (Å²) in [7, 11) is 0. The Morgan fingerprint density at radius 2 is 1.88 bits per heavy atom. The Kier molecular flexibility index (Phi) is 5.59. The van der Waals surface area contributed by atoms with Gasteiger partial charge in [-0.15, -0.1) is 0 Å². The number of aliphatic hydroxyl groups is 1. The van der Waals surface area contributed by atoms with Gasteiger partial charge in [-0.3, -0.25) is 0 Å². The third-order valence-corrected chi connectivity index (χ3v) is 3.17. The van der Waals surface area contributed by atoms with Gasteiger partial charge in [-0.1, -0.05) is 25.1 Å². The van der Waals surface area contributed by atoms with Crippen LogP contribution >= 0.6 is 0 Å². The zero-order chi connectivity index (χ0) is 12.8. The highest BCUT2D eigenvalue weighted by Gasteiger charge is 2.14. The number of hydrogen-bond donors (Lipinski definition) is 2. The van der Waals surface area contributed by atoms with Crippen LogP contribution in [0, 0.1) is 11.7 Å². The summed E-state index contributed by atoms with van der Waals surface area (Å²) in [5, 5.41) is 12.4. The second-order valence-corrected chi connectivity index (χ2v) is 4.81. The number of hydrogen-bond acceptors (Lipinski definition) is 2. The molecule has 0 saturated carbocycles. The molecule has 2 nitrogen and oxygen atoms in total. The molecule has 2 N–H and O–H groups in total. The summed E-state index contributed by atoms with van der Waals surface area (Å²) >= 11 is 0. The Bertz CT molecular complexity index is 343. The molecule has 0 bridgehead atoms. The average Bonchev–Trinajstić information content (AvgIpc) is 2.31. The highest BCUT2D eigenvalue weighted by Crippen LogP contribution is 2.10. The van der Waals surface area contributed by atoms with Crippen molar-refractivity contribution in [3.63, 3.8) is 0 Å². The maximum Gasteiger partial charge on any atom is 0.126 e. The number of benzene rings is 1. The molecule has 0 aromatic heterocycles. The van der Waals surface area contributed by atoms with E-state index in [9.17, 15) is 4.39 Å². The molecular weight excluding hydrogens is 217 g/mol. The minimum atomic E-state index is -0.149. The molecule has 1 aromatic carbocycles. The summed E-state index contributed by atoms with van der Waals surface area (Å²) in [6.07, 6.45) is 0.662. The predicted octanol–water partition coefficient (Wildman–Crippen LogP) is 2.36. The lowest BCUT2D eigenvalue weighted by molar-refractivity contribution is 0.202. The molecule has 17 heavy (non-hydrogen) atoms. The topological polar surface area (TPSA) is 32.3 Å². The van der Waals surface area contributed by atoms with Crippen LogP contribution in [0.15, 0.2) is 24.3 Å². The first kappa shape index (κ1) is 14.1. The van der Waals surface area contributed by atoms with Crippen LogP contribution in [0.25, 0.3) is 0 Å². The zero-order valence-electron chi connectivity index (χ0n) is 10.8. The quantitative estimate of drug-likeness (QED) is 0.798. The largest absolute Gasteiger partial charge is 0.396 e. The lowest BCUT2D eigenvalue weighted by Gasteiger charge is -2.24. The van der Waals surface area contributed by atoms with Crippen molar-refractivity contribution in [1.82, 2.24) is 5.32 Å². The fourth-order valence-electron chi connectivity index (χ4n) is 1.82. The molecule has 0 heterocycles. The molecule has 0 radical (unpaired) electrons. The minimum absolute atomic E-state index is 0.149. The van der Waals surface area contributed by atoms with E-state index in [1.807, 2.05) is 32.9 Å². The molecule has 0 fully saturated rings. The zero-order valence-corrected chi connectivity index (χ0v) is 10.8. The van der Waals surface area contributed by atoms with Gasteiger partial charge in [0.05, 0.1) is 0 Å². The van der Waals surface area contributed by atoms with Crippen molar-refractivity contribution in [2.45, 2.75) is 39.3 Å². The van der Waals surface area contributed by atoms with Gasteiger partial charge in [0.1, 0.15) is 5.82 Å². The third kappa shape index (κ3) is 4.44. The summed E-state index contributed by atoms with van der Waals surface area (Å²) in [5.74, 6) is 0.0575. The van der Waals surface area contributed by atoms with E-state index in [0.717, 1.165) is 5.56 Å². The van der Waals surface area contributed by atoms with Crippen LogP contribution in [0.5, 0.6) is 0 Å². The lowest BCUT2D eigenvalue weighted by Crippen LogP contribution is -2.40. The van der Waals surface area contributed by atoms with Gasteiger partial charge in [0.15, 0.2) is 0 Å². The van der Waals surface area contributed by atoms with E-state index < -0.39 is 0 Å². The van der Waals surface area contributed by atoms with Crippen LogP contribution in [0.3, 0.4) is 0 Å². The summed E-state index contributed by atoms with van der Waals surface area (Å²) in [6.45, 7) is 6.24. The third-order valence-electron chi connectivity index (χ3n) is 3.17. The molecule has 3 heteroatoms. The first-order valence-corrected chi connectivity index (χ1v) is 6.15. The summed E-state index contributed by atoms with van der Waals surface area (Å²) < 4.78 is 13.4. The highest BCUT2D eigenvalue weighted by atomic mass is 19.1. The van der Waals surface area contributed by atoms with Gasteiger partial charge in [-0.2, -0.15) is 0 Å². The van der Waals surface area contributed by atoms with Crippen LogP contribution in [0.4, 0.5) is 4.39 Å². The number of nitrogens with one attached hydrogen (secondary N) is 1. The van der Waals surface area contributed by atoms with Gasteiger partial charge in [0, 0.05) is 18.7 Å². The molecule has 0 aliphatic carbocycles. The average molecular weight is 239 g/mol. The maximum absolute atomic E-state index is 13.4. The molecule has 96 valence electrons. The van der Waals surface area contributed by atoms with Crippen LogP contribution in [-0.2, 0) is 6.42 Å². The number of aliphatic hydroxyl groups excluding tert-OH is 1. The van der Waals surface area contributed by atoms with E-state index in [0.29, 0.717) is 6.42 Å².